The summed E-state index contributed by atoms with van der Waals surface area (Å²) in [4.78, 5) is 69.5. The summed E-state index contributed by atoms with van der Waals surface area (Å²) in [6.07, 6.45) is -1.12. The molecule has 0 bridgehead atoms. The summed E-state index contributed by atoms with van der Waals surface area (Å²) in [5.74, 6) is -2.96. The summed E-state index contributed by atoms with van der Waals surface area (Å²) in [7, 11) is 6.28. The van der Waals surface area contributed by atoms with Crippen molar-refractivity contribution in [1.29, 1.82) is 0 Å². The van der Waals surface area contributed by atoms with Crippen LogP contribution in [0.25, 0.3) is 0 Å². The van der Waals surface area contributed by atoms with Crippen molar-refractivity contribution in [2.45, 2.75) is 63.9 Å². The number of hydrogen-bond donors (Lipinski definition) is 4. The standard InChI is InChI=1S/C19H20O6.C15H12O5.C12H16O5.C11H14O5.C11H16O4S/c1-13(12-22-2)24-16-9-15(18(20)23-3)10-17(11-16)25-19(21)14-7-5-4-6-8-14;1-19-14(17)11-7-12(16)9-13(8-11)20-15(18)10-5-3-2-4-6-10;1-8(7-15-2)17-11-5-9(12(14)16-3)4-10(13)6-11;1-7(6-15-2)16-10-4-8(11(13)14)3-9(12)5-10;1-9-4-6-11(7-5-9)16(12,13)15-10(2)8-14-3/h4-11,13H,12H2,1-3H3;2-9,16H,1H3;4-6,8,13H,7H2,1-3H3;3-5,7,12H,6H2,1-2H3,(H,13,14);4-7,10H,8H2,1-3H3/t13-;;8-;7-;10-/m0.001/s1. The van der Waals surface area contributed by atoms with Gasteiger partial charge in [0.15, 0.2) is 0 Å². The number of phenolic OH excluding ortho intramolecular Hbond substituents is 3. The zero-order chi connectivity index (χ0) is 69.9. The highest BCUT2D eigenvalue weighted by molar-refractivity contribution is 7.86. The van der Waals surface area contributed by atoms with Gasteiger partial charge in [-0.3, -0.25) is 4.18 Å². The Morgan fingerprint density at radius 3 is 1.04 bits per heavy atom. The number of methoxy groups -OCH3 is 7. The Morgan fingerprint density at radius 2 is 0.681 bits per heavy atom. The molecule has 0 fully saturated rings. The van der Waals surface area contributed by atoms with Crippen LogP contribution < -0.4 is 23.7 Å². The van der Waals surface area contributed by atoms with Crippen molar-refractivity contribution < 1.29 is 119 Å². The van der Waals surface area contributed by atoms with Crippen molar-refractivity contribution in [2.75, 3.05) is 76.2 Å². The predicted octanol–water partition coefficient (Wildman–Crippen LogP) is 10.3. The second kappa shape index (κ2) is 40.7. The number of esters is 5. The Labute approximate surface area is 545 Å². The van der Waals surface area contributed by atoms with Crippen LogP contribution in [-0.2, 0) is 47.5 Å². The molecule has 0 spiro atoms. The van der Waals surface area contributed by atoms with E-state index < -0.39 is 52.0 Å². The average Bonchev–Trinajstić information content (AvgIpc) is 2.74. The first kappa shape index (κ1) is 78.2. The molecule has 4 N–H and O–H groups in total. The molecule has 0 saturated carbocycles. The van der Waals surface area contributed by atoms with E-state index in [2.05, 4.69) is 9.47 Å². The molecule has 506 valence electrons. The summed E-state index contributed by atoms with van der Waals surface area (Å²) in [6.45, 7) is 10.4. The first-order valence-electron chi connectivity index (χ1n) is 28.3. The van der Waals surface area contributed by atoms with Gasteiger partial charge in [-0.1, -0.05) is 54.1 Å². The number of phenols is 3. The lowest BCUT2D eigenvalue weighted by molar-refractivity contribution is 0.0589. The third kappa shape index (κ3) is 28.6. The van der Waals surface area contributed by atoms with E-state index in [1.165, 1.54) is 101 Å². The zero-order valence-corrected chi connectivity index (χ0v) is 54.7. The molecule has 0 amide bonds. The van der Waals surface area contributed by atoms with Gasteiger partial charge in [-0.25, -0.2) is 28.8 Å². The maximum Gasteiger partial charge on any atom is 0.343 e. The fraction of sp³-hybridized carbons (Fsp3) is 0.294. The second-order valence-electron chi connectivity index (χ2n) is 19.9. The highest BCUT2D eigenvalue weighted by atomic mass is 32.2. The Hall–Kier alpha value is -10.1. The number of carboxylic acid groups (broad SMARTS) is 1. The summed E-state index contributed by atoms with van der Waals surface area (Å²) in [5, 5.41) is 37.1. The molecule has 0 saturated heterocycles. The van der Waals surface area contributed by atoms with Gasteiger partial charge in [0.1, 0.15) is 64.3 Å². The number of aromatic carboxylic acids is 1. The van der Waals surface area contributed by atoms with Crippen molar-refractivity contribution >= 4 is 45.9 Å². The number of hydrogen-bond acceptors (Lipinski definition) is 24. The van der Waals surface area contributed by atoms with E-state index in [-0.39, 0.29) is 80.8 Å². The van der Waals surface area contributed by atoms with Gasteiger partial charge in [0.25, 0.3) is 10.1 Å². The molecule has 94 heavy (non-hydrogen) atoms. The first-order valence-corrected chi connectivity index (χ1v) is 29.7. The fourth-order valence-corrected chi connectivity index (χ4v) is 8.77. The minimum Gasteiger partial charge on any atom is -0.508 e. The van der Waals surface area contributed by atoms with Gasteiger partial charge < -0.3 is 77.3 Å². The topological polar surface area (TPSA) is 337 Å². The van der Waals surface area contributed by atoms with Gasteiger partial charge in [-0.05, 0) is 120 Å². The minimum atomic E-state index is -3.68. The van der Waals surface area contributed by atoms with Crippen LogP contribution in [0.3, 0.4) is 0 Å². The van der Waals surface area contributed by atoms with Gasteiger partial charge in [-0.15, -0.1) is 0 Å². The molecule has 26 heteroatoms. The van der Waals surface area contributed by atoms with Gasteiger partial charge >= 0.3 is 35.8 Å². The van der Waals surface area contributed by atoms with E-state index in [9.17, 15) is 52.5 Å². The number of aryl methyl sites for hydroxylation is 1. The number of rotatable bonds is 25. The van der Waals surface area contributed by atoms with Crippen LogP contribution in [0.15, 0.2) is 163 Å². The lowest BCUT2D eigenvalue weighted by atomic mass is 10.2. The van der Waals surface area contributed by atoms with E-state index in [0.717, 1.165) is 11.6 Å². The smallest absolute Gasteiger partial charge is 0.343 e. The van der Waals surface area contributed by atoms with Gasteiger partial charge in [0.05, 0.1) is 92.1 Å². The van der Waals surface area contributed by atoms with Crippen molar-refractivity contribution in [3.05, 3.63) is 197 Å². The predicted molar refractivity (Wildman–Crippen MR) is 341 cm³/mol. The summed E-state index contributed by atoms with van der Waals surface area (Å²) in [5.41, 5.74) is 2.33. The number of carbonyl (C=O) groups excluding carboxylic acids is 5. The van der Waals surface area contributed by atoms with Crippen LogP contribution in [0.1, 0.15) is 95.4 Å². The molecule has 0 unspecified atom stereocenters. The molecule has 0 aliphatic heterocycles. The highest BCUT2D eigenvalue weighted by Crippen LogP contribution is 2.28. The van der Waals surface area contributed by atoms with Crippen LogP contribution in [0.5, 0.6) is 46.0 Å². The quantitative estimate of drug-likeness (QED) is 0.0179. The molecular weight excluding hydrogens is 1250 g/mol. The number of carbonyl (C=O) groups is 6. The Kier molecular flexibility index (Phi) is 33.8. The Bertz CT molecular complexity index is 3640. The van der Waals surface area contributed by atoms with Gasteiger partial charge in [-0.2, -0.15) is 8.42 Å². The number of aromatic hydroxyl groups is 3. The van der Waals surface area contributed by atoms with E-state index in [1.54, 1.807) is 114 Å². The van der Waals surface area contributed by atoms with E-state index in [1.807, 2.05) is 20.8 Å². The third-order valence-electron chi connectivity index (χ3n) is 11.7. The molecule has 0 radical (unpaired) electrons. The molecule has 0 aliphatic rings. The van der Waals surface area contributed by atoms with Crippen LogP contribution in [-0.4, -0.2) is 165 Å². The third-order valence-corrected chi connectivity index (χ3v) is 13.2. The largest absolute Gasteiger partial charge is 0.508 e. The molecule has 25 nitrogen and oxygen atoms in total. The Balaban J connectivity index is 0.000000310. The first-order chi connectivity index (χ1) is 44.7. The average molecular weight is 1330 g/mol. The maximum absolute atomic E-state index is 12.2. The Morgan fingerprint density at radius 1 is 0.372 bits per heavy atom. The molecule has 4 atom stereocenters. The van der Waals surface area contributed by atoms with Crippen LogP contribution in [0, 0.1) is 6.92 Å². The van der Waals surface area contributed by atoms with Crippen LogP contribution in [0.2, 0.25) is 0 Å². The molecule has 0 aliphatic carbocycles. The number of ether oxygens (including phenoxy) is 12. The lowest BCUT2D eigenvalue weighted by Gasteiger charge is -2.15. The molecule has 7 aromatic carbocycles. The molecule has 7 rings (SSSR count). The molecule has 7 aromatic rings. The van der Waals surface area contributed by atoms with Gasteiger partial charge in [0.2, 0.25) is 0 Å². The second-order valence-corrected chi connectivity index (χ2v) is 21.5. The van der Waals surface area contributed by atoms with Crippen LogP contribution in [0.4, 0.5) is 0 Å². The summed E-state index contributed by atoms with van der Waals surface area (Å²) < 4.78 is 89.0. The minimum absolute atomic E-state index is 0.0142. The molecule has 0 aromatic heterocycles. The van der Waals surface area contributed by atoms with Crippen LogP contribution >= 0.6 is 0 Å². The zero-order valence-electron chi connectivity index (χ0n) is 53.9. The monoisotopic (exact) mass is 1330 g/mol. The molecule has 0 heterocycles. The number of benzene rings is 7. The van der Waals surface area contributed by atoms with Crippen molar-refractivity contribution in [3.8, 4) is 46.0 Å². The van der Waals surface area contributed by atoms with E-state index in [0.29, 0.717) is 48.2 Å². The summed E-state index contributed by atoms with van der Waals surface area (Å²) in [6, 6.07) is 39.9. The van der Waals surface area contributed by atoms with E-state index >= 15 is 0 Å². The fourth-order valence-electron chi connectivity index (χ4n) is 7.70. The highest BCUT2D eigenvalue weighted by Gasteiger charge is 2.20. The number of carboxylic acids is 1. The normalized spacial score (nSPS) is 11.7. The molecular formula is C68H78O25S. The SMILES string of the molecule is COC(=O)c1cc(O)cc(OC(=O)c2ccccc2)c1.COC[C@@H](C)OS(=O)(=O)c1ccc(C)cc1.COC[C@H](C)Oc1cc(O)cc(C(=O)O)c1.COC[C@H](C)Oc1cc(O)cc(C(=O)OC)c1.COC[C@H](C)Oc1cc(OC(=O)c2ccccc2)cc(C(=O)OC)c1. The van der Waals surface area contributed by atoms with Crippen molar-refractivity contribution in [1.82, 2.24) is 0 Å². The summed E-state index contributed by atoms with van der Waals surface area (Å²) >= 11 is 0. The lowest BCUT2D eigenvalue weighted by Crippen LogP contribution is -2.20. The van der Waals surface area contributed by atoms with Gasteiger partial charge in [0, 0.05) is 52.7 Å². The van der Waals surface area contributed by atoms with Crippen molar-refractivity contribution in [3.63, 3.8) is 0 Å². The maximum atomic E-state index is 12.2. The van der Waals surface area contributed by atoms with E-state index in [4.69, 9.17) is 56.7 Å². The van der Waals surface area contributed by atoms with Crippen molar-refractivity contribution in [2.24, 2.45) is 0 Å².